The summed E-state index contributed by atoms with van der Waals surface area (Å²) in [6.45, 7) is 12.2. The monoisotopic (exact) mass is 320 g/mol. The van der Waals surface area contributed by atoms with Gasteiger partial charge in [0.2, 0.25) is 0 Å². The summed E-state index contributed by atoms with van der Waals surface area (Å²) in [7, 11) is 0. The van der Waals surface area contributed by atoms with Crippen LogP contribution in [0.15, 0.2) is 35.5 Å². The van der Waals surface area contributed by atoms with Gasteiger partial charge in [-0.15, -0.1) is 0 Å². The van der Waals surface area contributed by atoms with E-state index in [1.165, 1.54) is 11.1 Å². The molecule has 0 radical (unpaired) electrons. The molecule has 2 aliphatic carbocycles. The van der Waals surface area contributed by atoms with E-state index in [0.717, 1.165) is 12.0 Å². The molecule has 1 fully saturated rings. The standard InChI is InChI=1S/C20H32O3/c1-11(2)6-9-17(21)14(5)16-10-18(22)13(4)15-8-7-12(3)19(15)20(16)23/h6-7,14-23H,4,8-10H2,1-3,5H3/t14-,15-,16-,17+,18+,19+,20+/m0/s1. The number of aliphatic hydroxyl groups is 3. The van der Waals surface area contributed by atoms with Gasteiger partial charge in [0.05, 0.1) is 18.3 Å². The summed E-state index contributed by atoms with van der Waals surface area (Å²) >= 11 is 0. The molecule has 7 atom stereocenters. The molecule has 2 aliphatic rings. The summed E-state index contributed by atoms with van der Waals surface area (Å²) in [6, 6.07) is 0. The zero-order chi connectivity index (χ0) is 17.3. The Morgan fingerprint density at radius 3 is 2.65 bits per heavy atom. The lowest BCUT2D eigenvalue weighted by Gasteiger charge is -2.34. The van der Waals surface area contributed by atoms with E-state index in [-0.39, 0.29) is 23.7 Å². The highest BCUT2D eigenvalue weighted by Gasteiger charge is 2.45. The molecule has 23 heavy (non-hydrogen) atoms. The average molecular weight is 320 g/mol. The average Bonchev–Trinajstić information content (AvgIpc) is 2.85. The fourth-order valence-electron chi connectivity index (χ4n) is 4.25. The second-order valence-electron chi connectivity index (χ2n) is 7.74. The van der Waals surface area contributed by atoms with Crippen molar-refractivity contribution in [3.63, 3.8) is 0 Å². The molecule has 2 rings (SSSR count). The Kier molecular flexibility index (Phi) is 5.88. The van der Waals surface area contributed by atoms with Crippen molar-refractivity contribution < 1.29 is 15.3 Å². The molecule has 3 heteroatoms. The van der Waals surface area contributed by atoms with Gasteiger partial charge in [-0.3, -0.25) is 0 Å². The summed E-state index contributed by atoms with van der Waals surface area (Å²) in [5.74, 6) is -0.0381. The van der Waals surface area contributed by atoms with Gasteiger partial charge < -0.3 is 15.3 Å². The number of hydrogen-bond donors (Lipinski definition) is 3. The van der Waals surface area contributed by atoms with E-state index in [9.17, 15) is 15.3 Å². The second-order valence-corrected chi connectivity index (χ2v) is 7.74. The van der Waals surface area contributed by atoms with Crippen molar-refractivity contribution in [1.29, 1.82) is 0 Å². The molecule has 1 saturated carbocycles. The first-order valence-electron chi connectivity index (χ1n) is 8.77. The van der Waals surface area contributed by atoms with Crippen molar-refractivity contribution >= 4 is 0 Å². The predicted molar refractivity (Wildman–Crippen MR) is 93.8 cm³/mol. The van der Waals surface area contributed by atoms with Crippen LogP contribution in [0.1, 0.15) is 47.0 Å². The van der Waals surface area contributed by atoms with Gasteiger partial charge in [0.15, 0.2) is 0 Å². The van der Waals surface area contributed by atoms with Crippen LogP contribution in [0.25, 0.3) is 0 Å². The number of rotatable bonds is 4. The van der Waals surface area contributed by atoms with E-state index in [1.54, 1.807) is 0 Å². The Bertz CT molecular complexity index is 501. The maximum absolute atomic E-state index is 11.0. The minimum Gasteiger partial charge on any atom is -0.393 e. The van der Waals surface area contributed by atoms with Gasteiger partial charge in [0.25, 0.3) is 0 Å². The molecule has 3 N–H and O–H groups in total. The van der Waals surface area contributed by atoms with Crippen molar-refractivity contribution in [2.24, 2.45) is 23.7 Å². The Morgan fingerprint density at radius 1 is 1.39 bits per heavy atom. The van der Waals surface area contributed by atoms with Gasteiger partial charge in [0.1, 0.15) is 0 Å². The first-order valence-corrected chi connectivity index (χ1v) is 8.77. The van der Waals surface area contributed by atoms with Crippen molar-refractivity contribution in [1.82, 2.24) is 0 Å². The zero-order valence-electron chi connectivity index (χ0n) is 14.9. The lowest BCUT2D eigenvalue weighted by atomic mass is 9.75. The van der Waals surface area contributed by atoms with Gasteiger partial charge in [0, 0.05) is 5.92 Å². The van der Waals surface area contributed by atoms with Crippen LogP contribution in [0.5, 0.6) is 0 Å². The molecule has 0 aliphatic heterocycles. The van der Waals surface area contributed by atoms with E-state index in [1.807, 2.05) is 26.8 Å². The van der Waals surface area contributed by atoms with Gasteiger partial charge in [-0.1, -0.05) is 36.8 Å². The molecule has 0 bridgehead atoms. The van der Waals surface area contributed by atoms with E-state index in [2.05, 4.69) is 19.6 Å². The van der Waals surface area contributed by atoms with Crippen LogP contribution in [0.2, 0.25) is 0 Å². The SMILES string of the molecule is C=C1[C@H](O)C[C@@H]([C@H](C)[C@H](O)CC=C(C)C)[C@@H](O)[C@@H]2C(C)=CC[C@@H]12. The summed E-state index contributed by atoms with van der Waals surface area (Å²) < 4.78 is 0. The lowest BCUT2D eigenvalue weighted by Crippen LogP contribution is -2.38. The van der Waals surface area contributed by atoms with Gasteiger partial charge in [-0.2, -0.15) is 0 Å². The molecule has 130 valence electrons. The van der Waals surface area contributed by atoms with Crippen LogP contribution in [0.4, 0.5) is 0 Å². The van der Waals surface area contributed by atoms with Crippen LogP contribution in [-0.4, -0.2) is 33.6 Å². The number of aliphatic hydroxyl groups excluding tert-OH is 3. The fourth-order valence-corrected chi connectivity index (χ4v) is 4.25. The molecular weight excluding hydrogens is 288 g/mol. The maximum Gasteiger partial charge on any atom is 0.0754 e. The molecule has 0 aromatic rings. The molecule has 0 heterocycles. The van der Waals surface area contributed by atoms with Gasteiger partial charge >= 0.3 is 0 Å². The molecule has 0 spiro atoms. The molecular formula is C20H32O3. The second kappa shape index (κ2) is 7.33. The Balaban J connectivity index is 2.21. The van der Waals surface area contributed by atoms with Crippen molar-refractivity contribution in [2.75, 3.05) is 0 Å². The minimum atomic E-state index is -0.595. The van der Waals surface area contributed by atoms with Crippen LogP contribution >= 0.6 is 0 Å². The van der Waals surface area contributed by atoms with E-state index in [0.29, 0.717) is 12.8 Å². The van der Waals surface area contributed by atoms with Crippen LogP contribution in [0.3, 0.4) is 0 Å². The van der Waals surface area contributed by atoms with Gasteiger partial charge in [-0.25, -0.2) is 0 Å². The Morgan fingerprint density at radius 2 is 2.04 bits per heavy atom. The minimum absolute atomic E-state index is 0.0303. The topological polar surface area (TPSA) is 60.7 Å². The maximum atomic E-state index is 11.0. The molecule has 0 saturated heterocycles. The normalized spacial score (nSPS) is 36.7. The summed E-state index contributed by atoms with van der Waals surface area (Å²) in [4.78, 5) is 0. The van der Waals surface area contributed by atoms with E-state index in [4.69, 9.17) is 0 Å². The van der Waals surface area contributed by atoms with E-state index < -0.39 is 18.3 Å². The third-order valence-corrected chi connectivity index (χ3v) is 5.91. The van der Waals surface area contributed by atoms with Crippen LogP contribution in [-0.2, 0) is 0 Å². The quantitative estimate of drug-likeness (QED) is 0.697. The zero-order valence-corrected chi connectivity index (χ0v) is 14.9. The largest absolute Gasteiger partial charge is 0.393 e. The first-order chi connectivity index (χ1) is 10.7. The Labute approximate surface area is 140 Å². The lowest BCUT2D eigenvalue weighted by molar-refractivity contribution is -0.0166. The number of hydrogen-bond acceptors (Lipinski definition) is 3. The first kappa shape index (κ1) is 18.4. The smallest absolute Gasteiger partial charge is 0.0754 e. The summed E-state index contributed by atoms with van der Waals surface area (Å²) in [5, 5.41) is 32.0. The van der Waals surface area contributed by atoms with Crippen molar-refractivity contribution in [3.05, 3.63) is 35.5 Å². The van der Waals surface area contributed by atoms with Crippen LogP contribution < -0.4 is 0 Å². The van der Waals surface area contributed by atoms with Crippen LogP contribution in [0, 0.1) is 23.7 Å². The summed E-state index contributed by atoms with van der Waals surface area (Å²) in [5.41, 5.74) is 3.21. The molecule has 0 aromatic heterocycles. The van der Waals surface area contributed by atoms with Crippen molar-refractivity contribution in [2.45, 2.75) is 65.3 Å². The summed E-state index contributed by atoms with van der Waals surface area (Å²) in [6.07, 6.45) is 4.47. The molecule has 0 unspecified atom stereocenters. The van der Waals surface area contributed by atoms with Crippen molar-refractivity contribution in [3.8, 4) is 0 Å². The van der Waals surface area contributed by atoms with Gasteiger partial charge in [-0.05, 0) is 63.4 Å². The third kappa shape index (κ3) is 3.78. The highest BCUT2D eigenvalue weighted by atomic mass is 16.3. The molecule has 0 amide bonds. The molecule has 0 aromatic carbocycles. The fraction of sp³-hybridized carbons (Fsp3) is 0.700. The highest BCUT2D eigenvalue weighted by molar-refractivity contribution is 5.26. The third-order valence-electron chi connectivity index (χ3n) is 5.91. The Hall–Kier alpha value is -0.900. The number of allylic oxidation sites excluding steroid dienone is 2. The number of fused-ring (bicyclic) bond motifs is 1. The highest BCUT2D eigenvalue weighted by Crippen LogP contribution is 2.47. The predicted octanol–water partition coefficient (Wildman–Crippen LogP) is 3.22. The van der Waals surface area contributed by atoms with E-state index >= 15 is 0 Å². The molecule has 3 nitrogen and oxygen atoms in total.